The van der Waals surface area contributed by atoms with Crippen molar-refractivity contribution in [1.82, 2.24) is 15.1 Å². The van der Waals surface area contributed by atoms with Crippen LogP contribution in [0.15, 0.2) is 59.5 Å². The van der Waals surface area contributed by atoms with E-state index in [9.17, 15) is 13.2 Å². The molecule has 0 bridgehead atoms. The molecule has 0 radical (unpaired) electrons. The fourth-order valence-electron chi connectivity index (χ4n) is 4.31. The summed E-state index contributed by atoms with van der Waals surface area (Å²) in [5, 5.41) is 8.36. The van der Waals surface area contributed by atoms with Gasteiger partial charge in [0.1, 0.15) is 0 Å². The average Bonchev–Trinajstić information content (AvgIpc) is 3.09. The highest BCUT2D eigenvalue weighted by atomic mass is 32.2. The number of hydrogen-bond acceptors (Lipinski definition) is 4. The van der Waals surface area contributed by atoms with Gasteiger partial charge in [-0.05, 0) is 31.0 Å². The number of hydrogen-bond donors (Lipinski definition) is 1. The number of aryl methyl sites for hydroxylation is 1. The quantitative estimate of drug-likeness (QED) is 0.698. The van der Waals surface area contributed by atoms with E-state index < -0.39 is 20.5 Å². The minimum Gasteiger partial charge on any atom is -0.349 e. The van der Waals surface area contributed by atoms with E-state index in [0.717, 1.165) is 35.9 Å². The van der Waals surface area contributed by atoms with E-state index in [0.29, 0.717) is 12.8 Å². The molecule has 1 aromatic heterocycles. The molecule has 1 amide bonds. The highest BCUT2D eigenvalue weighted by Crippen LogP contribution is 2.39. The Morgan fingerprint density at radius 3 is 2.41 bits per heavy atom. The van der Waals surface area contributed by atoms with E-state index in [4.69, 9.17) is 0 Å². The molecule has 1 fully saturated rings. The average molecular weight is 412 g/mol. The number of carbonyl (C=O) groups excluding carboxylic acids is 1. The Balaban J connectivity index is 1.64. The van der Waals surface area contributed by atoms with Crippen LogP contribution in [-0.4, -0.2) is 28.9 Å². The van der Waals surface area contributed by atoms with E-state index in [-0.39, 0.29) is 11.4 Å². The van der Waals surface area contributed by atoms with Crippen molar-refractivity contribution in [2.75, 3.05) is 0 Å². The van der Waals surface area contributed by atoms with Gasteiger partial charge in [-0.2, -0.15) is 5.10 Å². The smallest absolute Gasteiger partial charge is 0.242 e. The molecule has 29 heavy (non-hydrogen) atoms. The lowest BCUT2D eigenvalue weighted by Crippen LogP contribution is -2.53. The largest absolute Gasteiger partial charge is 0.349 e. The molecule has 1 N–H and O–H groups in total. The first-order chi connectivity index (χ1) is 14.0. The van der Waals surface area contributed by atoms with Gasteiger partial charge < -0.3 is 5.32 Å². The van der Waals surface area contributed by atoms with Crippen LogP contribution in [0.3, 0.4) is 0 Å². The monoisotopic (exact) mass is 411 g/mol. The number of benzene rings is 2. The van der Waals surface area contributed by atoms with Crippen molar-refractivity contribution in [1.29, 1.82) is 0 Å². The first kappa shape index (κ1) is 19.6. The zero-order chi connectivity index (χ0) is 20.5. The number of carbonyl (C=O) groups is 1. The number of rotatable bonds is 5. The van der Waals surface area contributed by atoms with Gasteiger partial charge in [-0.1, -0.05) is 55.7 Å². The summed E-state index contributed by atoms with van der Waals surface area (Å²) in [5.41, 5.74) is 1.71. The molecule has 2 aromatic carbocycles. The third-order valence-electron chi connectivity index (χ3n) is 5.89. The maximum absolute atomic E-state index is 13.5. The molecule has 1 aliphatic rings. The van der Waals surface area contributed by atoms with Gasteiger partial charge in [0.15, 0.2) is 14.6 Å². The zero-order valence-corrected chi connectivity index (χ0v) is 17.3. The van der Waals surface area contributed by atoms with E-state index in [1.165, 1.54) is 0 Å². The second-order valence-corrected chi connectivity index (χ2v) is 9.90. The first-order valence-corrected chi connectivity index (χ1v) is 11.4. The molecule has 6 nitrogen and oxygen atoms in total. The van der Waals surface area contributed by atoms with Gasteiger partial charge in [-0.15, -0.1) is 0 Å². The standard InChI is InChI=1S/C22H25N3O3S/c1-25-20-13-7-6-12-18(20)19(24-25)16-23-21(26)22(14-8-3-9-15-22)29(27,28)17-10-4-2-5-11-17/h2,4-7,10-13H,3,8-9,14-16H2,1H3,(H,23,26). The summed E-state index contributed by atoms with van der Waals surface area (Å²) in [4.78, 5) is 13.5. The topological polar surface area (TPSA) is 81.1 Å². The number of sulfone groups is 1. The molecule has 0 atom stereocenters. The number of fused-ring (bicyclic) bond motifs is 1. The molecule has 4 rings (SSSR count). The summed E-state index contributed by atoms with van der Waals surface area (Å²) in [6.07, 6.45) is 3.10. The van der Waals surface area contributed by atoms with Gasteiger partial charge in [0, 0.05) is 12.4 Å². The minimum absolute atomic E-state index is 0.201. The van der Waals surface area contributed by atoms with Crippen molar-refractivity contribution in [2.24, 2.45) is 7.05 Å². The van der Waals surface area contributed by atoms with Crippen LogP contribution >= 0.6 is 0 Å². The van der Waals surface area contributed by atoms with E-state index in [1.54, 1.807) is 35.0 Å². The fraction of sp³-hybridized carbons (Fsp3) is 0.364. The van der Waals surface area contributed by atoms with Crippen LogP contribution in [-0.2, 0) is 28.2 Å². The predicted octanol–water partition coefficient (Wildman–Crippen LogP) is 3.37. The lowest BCUT2D eigenvalue weighted by atomic mass is 9.87. The third kappa shape index (κ3) is 3.33. The molecule has 0 saturated heterocycles. The van der Waals surface area contributed by atoms with Gasteiger partial charge in [0.25, 0.3) is 0 Å². The SMILES string of the molecule is Cn1nc(CNC(=O)C2(S(=O)(=O)c3ccccc3)CCCCC2)c2ccccc21. The predicted molar refractivity (Wildman–Crippen MR) is 112 cm³/mol. The zero-order valence-electron chi connectivity index (χ0n) is 16.5. The molecular formula is C22H25N3O3S. The van der Waals surface area contributed by atoms with Gasteiger partial charge in [0.2, 0.25) is 5.91 Å². The molecule has 0 unspecified atom stereocenters. The molecule has 0 spiro atoms. The fourth-order valence-corrected chi connectivity index (χ4v) is 6.42. The molecular weight excluding hydrogens is 386 g/mol. The summed E-state index contributed by atoms with van der Waals surface area (Å²) in [6.45, 7) is 0.201. The summed E-state index contributed by atoms with van der Waals surface area (Å²) in [7, 11) is -1.94. The summed E-state index contributed by atoms with van der Waals surface area (Å²) < 4.78 is 27.3. The van der Waals surface area contributed by atoms with E-state index >= 15 is 0 Å². The first-order valence-electron chi connectivity index (χ1n) is 9.94. The second kappa shape index (κ2) is 7.63. The lowest BCUT2D eigenvalue weighted by molar-refractivity contribution is -0.124. The number of nitrogens with zero attached hydrogens (tertiary/aromatic N) is 2. The van der Waals surface area contributed by atoms with Crippen molar-refractivity contribution in [3.05, 3.63) is 60.3 Å². The number of amides is 1. The van der Waals surface area contributed by atoms with Crippen LogP contribution in [0, 0.1) is 0 Å². The highest BCUT2D eigenvalue weighted by molar-refractivity contribution is 7.93. The Kier molecular flexibility index (Phi) is 5.17. The van der Waals surface area contributed by atoms with E-state index in [2.05, 4.69) is 10.4 Å². The van der Waals surface area contributed by atoms with Crippen molar-refractivity contribution < 1.29 is 13.2 Å². The van der Waals surface area contributed by atoms with Crippen molar-refractivity contribution in [3.63, 3.8) is 0 Å². The lowest BCUT2D eigenvalue weighted by Gasteiger charge is -2.35. The van der Waals surface area contributed by atoms with Gasteiger partial charge in [0.05, 0.1) is 22.7 Å². The van der Waals surface area contributed by atoms with Crippen molar-refractivity contribution in [3.8, 4) is 0 Å². The van der Waals surface area contributed by atoms with Crippen LogP contribution in [0.4, 0.5) is 0 Å². The van der Waals surface area contributed by atoms with Crippen molar-refractivity contribution >= 4 is 26.6 Å². The van der Waals surface area contributed by atoms with Crippen LogP contribution in [0.25, 0.3) is 10.9 Å². The minimum atomic E-state index is -3.80. The number of para-hydroxylation sites is 1. The Morgan fingerprint density at radius 1 is 1.03 bits per heavy atom. The molecule has 0 aliphatic heterocycles. The summed E-state index contributed by atoms with van der Waals surface area (Å²) in [5.74, 6) is -0.421. The Bertz CT molecular complexity index is 1130. The van der Waals surface area contributed by atoms with Gasteiger partial charge >= 0.3 is 0 Å². The molecule has 3 aromatic rings. The highest BCUT2D eigenvalue weighted by Gasteiger charge is 2.51. The van der Waals surface area contributed by atoms with E-state index in [1.807, 2.05) is 31.3 Å². The Hall–Kier alpha value is -2.67. The molecule has 1 aliphatic carbocycles. The van der Waals surface area contributed by atoms with Crippen LogP contribution in [0.5, 0.6) is 0 Å². The second-order valence-electron chi connectivity index (χ2n) is 7.64. The van der Waals surface area contributed by atoms with Crippen LogP contribution in [0.1, 0.15) is 37.8 Å². The molecule has 7 heteroatoms. The number of nitrogens with one attached hydrogen (secondary N) is 1. The number of aromatic nitrogens is 2. The summed E-state index contributed by atoms with van der Waals surface area (Å²) >= 11 is 0. The molecule has 1 saturated carbocycles. The summed E-state index contributed by atoms with van der Waals surface area (Å²) in [6, 6.07) is 16.1. The Labute approximate surface area is 170 Å². The van der Waals surface area contributed by atoms with Gasteiger partial charge in [-0.25, -0.2) is 8.42 Å². The maximum atomic E-state index is 13.5. The van der Waals surface area contributed by atoms with Crippen molar-refractivity contribution in [2.45, 2.75) is 48.3 Å². The normalized spacial score (nSPS) is 16.6. The van der Waals surface area contributed by atoms with Crippen LogP contribution < -0.4 is 5.32 Å². The maximum Gasteiger partial charge on any atom is 0.242 e. The Morgan fingerprint density at radius 2 is 1.69 bits per heavy atom. The molecule has 1 heterocycles. The van der Waals surface area contributed by atoms with Crippen LogP contribution in [0.2, 0.25) is 0 Å². The van der Waals surface area contributed by atoms with Gasteiger partial charge in [-0.3, -0.25) is 9.48 Å². The third-order valence-corrected chi connectivity index (χ3v) is 8.41. The molecule has 152 valence electrons.